The summed E-state index contributed by atoms with van der Waals surface area (Å²) in [5.41, 5.74) is 7.29. The Morgan fingerprint density at radius 1 is 1.40 bits per heavy atom. The van der Waals surface area contributed by atoms with Crippen LogP contribution in [0.4, 0.5) is 10.1 Å². The van der Waals surface area contributed by atoms with Crippen molar-refractivity contribution in [3.05, 3.63) is 29.6 Å². The van der Waals surface area contributed by atoms with E-state index >= 15 is 0 Å². The van der Waals surface area contributed by atoms with E-state index in [1.165, 1.54) is 0 Å². The van der Waals surface area contributed by atoms with Crippen LogP contribution in [0.5, 0.6) is 0 Å². The highest BCUT2D eigenvalue weighted by Gasteiger charge is 2.05. The van der Waals surface area contributed by atoms with Crippen LogP contribution in [-0.2, 0) is 6.42 Å². The number of nitrogens with two attached hydrogens (primary N) is 1. The van der Waals surface area contributed by atoms with Gasteiger partial charge >= 0.3 is 0 Å². The van der Waals surface area contributed by atoms with Gasteiger partial charge in [0, 0.05) is 20.1 Å². The number of hydrogen-bond acceptors (Lipinski definition) is 2. The molecule has 0 saturated carbocycles. The molecule has 0 spiro atoms. The van der Waals surface area contributed by atoms with Crippen molar-refractivity contribution in [2.75, 3.05) is 19.0 Å². The Bertz CT molecular complexity index is 321. The minimum absolute atomic E-state index is 0.165. The van der Waals surface area contributed by atoms with Gasteiger partial charge in [-0.1, -0.05) is 6.07 Å². The smallest absolute Gasteiger partial charge is 0.146 e. The van der Waals surface area contributed by atoms with E-state index < -0.39 is 0 Å². The maximum absolute atomic E-state index is 13.6. The monoisotopic (exact) mass is 210 g/mol. The second kappa shape index (κ2) is 5.12. The van der Waals surface area contributed by atoms with Crippen molar-refractivity contribution in [3.8, 4) is 0 Å². The van der Waals surface area contributed by atoms with E-state index in [0.29, 0.717) is 5.69 Å². The Balaban J connectivity index is 2.73. The molecule has 1 atom stereocenters. The van der Waals surface area contributed by atoms with Crippen molar-refractivity contribution < 1.29 is 4.39 Å². The maximum Gasteiger partial charge on any atom is 0.146 e. The van der Waals surface area contributed by atoms with Crippen LogP contribution in [0.25, 0.3) is 0 Å². The molecule has 1 aromatic rings. The van der Waals surface area contributed by atoms with Gasteiger partial charge in [-0.2, -0.15) is 0 Å². The van der Waals surface area contributed by atoms with Crippen LogP contribution < -0.4 is 10.6 Å². The third kappa shape index (κ3) is 3.51. The van der Waals surface area contributed by atoms with E-state index in [1.807, 2.05) is 33.2 Å². The van der Waals surface area contributed by atoms with Crippen molar-refractivity contribution in [3.63, 3.8) is 0 Å². The van der Waals surface area contributed by atoms with Gasteiger partial charge in [-0.15, -0.1) is 0 Å². The molecule has 1 aromatic carbocycles. The Labute approximate surface area is 90.9 Å². The molecule has 2 nitrogen and oxygen atoms in total. The molecule has 0 saturated heterocycles. The molecule has 1 rings (SSSR count). The van der Waals surface area contributed by atoms with E-state index in [-0.39, 0.29) is 11.9 Å². The first-order valence-electron chi connectivity index (χ1n) is 5.22. The summed E-state index contributed by atoms with van der Waals surface area (Å²) in [6.07, 6.45) is 1.73. The van der Waals surface area contributed by atoms with Crippen molar-refractivity contribution in [2.45, 2.75) is 25.8 Å². The van der Waals surface area contributed by atoms with Crippen molar-refractivity contribution in [1.82, 2.24) is 0 Å². The lowest BCUT2D eigenvalue weighted by Crippen LogP contribution is -2.15. The molecule has 2 N–H and O–H groups in total. The number of benzene rings is 1. The minimum atomic E-state index is -0.165. The second-order valence-electron chi connectivity index (χ2n) is 4.20. The fraction of sp³-hybridized carbons (Fsp3) is 0.500. The Kier molecular flexibility index (Phi) is 4.09. The van der Waals surface area contributed by atoms with E-state index in [0.717, 1.165) is 18.4 Å². The fourth-order valence-electron chi connectivity index (χ4n) is 1.46. The molecular weight excluding hydrogens is 191 g/mol. The number of anilines is 1. The van der Waals surface area contributed by atoms with Gasteiger partial charge in [-0.25, -0.2) is 4.39 Å². The Morgan fingerprint density at radius 3 is 2.53 bits per heavy atom. The zero-order valence-corrected chi connectivity index (χ0v) is 9.63. The quantitative estimate of drug-likeness (QED) is 0.825. The van der Waals surface area contributed by atoms with Gasteiger partial charge in [0.1, 0.15) is 5.82 Å². The zero-order valence-electron chi connectivity index (χ0n) is 9.63. The molecule has 0 aliphatic carbocycles. The largest absolute Gasteiger partial charge is 0.375 e. The predicted octanol–water partition coefficient (Wildman–Crippen LogP) is 2.17. The highest BCUT2D eigenvalue weighted by molar-refractivity contribution is 5.47. The normalized spacial score (nSPS) is 12.6. The third-order valence-electron chi connectivity index (χ3n) is 2.38. The van der Waals surface area contributed by atoms with Crippen LogP contribution in [-0.4, -0.2) is 20.1 Å². The zero-order chi connectivity index (χ0) is 11.4. The van der Waals surface area contributed by atoms with Crippen LogP contribution in [0.15, 0.2) is 18.2 Å². The summed E-state index contributed by atoms with van der Waals surface area (Å²) < 4.78 is 13.6. The molecular formula is C12H19FN2. The van der Waals surface area contributed by atoms with Gasteiger partial charge < -0.3 is 10.6 Å². The lowest BCUT2D eigenvalue weighted by molar-refractivity contribution is 0.618. The Hall–Kier alpha value is -1.09. The number of halogens is 1. The fourth-order valence-corrected chi connectivity index (χ4v) is 1.46. The summed E-state index contributed by atoms with van der Waals surface area (Å²) in [6.45, 7) is 1.96. The molecule has 0 heterocycles. The number of rotatable bonds is 4. The van der Waals surface area contributed by atoms with Crippen LogP contribution in [0.2, 0.25) is 0 Å². The van der Waals surface area contributed by atoms with Crippen LogP contribution in [0.3, 0.4) is 0 Å². The maximum atomic E-state index is 13.6. The second-order valence-corrected chi connectivity index (χ2v) is 4.20. The standard InChI is InChI=1S/C12H19FN2/c1-9(14)4-5-10-6-7-12(15(2)3)11(13)8-10/h6-9H,4-5,14H2,1-3H3. The summed E-state index contributed by atoms with van der Waals surface area (Å²) in [4.78, 5) is 1.77. The molecule has 0 radical (unpaired) electrons. The number of aryl methyl sites for hydroxylation is 1. The van der Waals surface area contributed by atoms with Crippen molar-refractivity contribution in [2.24, 2.45) is 5.73 Å². The summed E-state index contributed by atoms with van der Waals surface area (Å²) >= 11 is 0. The first kappa shape index (κ1) is 12.0. The summed E-state index contributed by atoms with van der Waals surface area (Å²) in [5, 5.41) is 0. The van der Waals surface area contributed by atoms with E-state index in [9.17, 15) is 4.39 Å². The molecule has 84 valence electrons. The highest BCUT2D eigenvalue weighted by Crippen LogP contribution is 2.19. The lowest BCUT2D eigenvalue weighted by atomic mass is 10.1. The minimum Gasteiger partial charge on any atom is -0.375 e. The van der Waals surface area contributed by atoms with Gasteiger partial charge in [0.15, 0.2) is 0 Å². The molecule has 0 amide bonds. The molecule has 15 heavy (non-hydrogen) atoms. The molecule has 0 aliphatic heterocycles. The van der Waals surface area contributed by atoms with Crippen molar-refractivity contribution in [1.29, 1.82) is 0 Å². The van der Waals surface area contributed by atoms with Gasteiger partial charge in [-0.05, 0) is 37.5 Å². The molecule has 0 aromatic heterocycles. The van der Waals surface area contributed by atoms with Crippen LogP contribution in [0, 0.1) is 5.82 Å². The SMILES string of the molecule is CC(N)CCc1ccc(N(C)C)c(F)c1. The topological polar surface area (TPSA) is 29.3 Å². The predicted molar refractivity (Wildman–Crippen MR) is 62.7 cm³/mol. The van der Waals surface area contributed by atoms with Crippen molar-refractivity contribution >= 4 is 5.69 Å². The average Bonchev–Trinajstić information content (AvgIpc) is 2.14. The van der Waals surface area contributed by atoms with Crippen LogP contribution >= 0.6 is 0 Å². The summed E-state index contributed by atoms with van der Waals surface area (Å²) in [6, 6.07) is 5.53. The van der Waals surface area contributed by atoms with Crippen LogP contribution in [0.1, 0.15) is 18.9 Å². The van der Waals surface area contributed by atoms with Gasteiger partial charge in [-0.3, -0.25) is 0 Å². The first-order valence-corrected chi connectivity index (χ1v) is 5.22. The molecule has 0 aliphatic rings. The third-order valence-corrected chi connectivity index (χ3v) is 2.38. The van der Waals surface area contributed by atoms with Gasteiger partial charge in [0.2, 0.25) is 0 Å². The Morgan fingerprint density at radius 2 is 2.07 bits per heavy atom. The summed E-state index contributed by atoms with van der Waals surface area (Å²) in [5.74, 6) is -0.165. The van der Waals surface area contributed by atoms with E-state index in [4.69, 9.17) is 5.73 Å². The molecule has 3 heteroatoms. The molecule has 1 unspecified atom stereocenters. The van der Waals surface area contributed by atoms with Gasteiger partial charge in [0.05, 0.1) is 5.69 Å². The van der Waals surface area contributed by atoms with E-state index in [2.05, 4.69) is 0 Å². The lowest BCUT2D eigenvalue weighted by Gasteiger charge is -2.14. The number of nitrogens with zero attached hydrogens (tertiary/aromatic N) is 1. The van der Waals surface area contributed by atoms with Gasteiger partial charge in [0.25, 0.3) is 0 Å². The summed E-state index contributed by atoms with van der Waals surface area (Å²) in [7, 11) is 3.67. The molecule has 0 fully saturated rings. The highest BCUT2D eigenvalue weighted by atomic mass is 19.1. The first-order chi connectivity index (χ1) is 7.00. The molecule has 0 bridgehead atoms. The average molecular weight is 210 g/mol. The van der Waals surface area contributed by atoms with E-state index in [1.54, 1.807) is 11.0 Å². The number of hydrogen-bond donors (Lipinski definition) is 1.